The van der Waals surface area contributed by atoms with Crippen LogP contribution in [0.1, 0.15) is 40.2 Å². The third-order valence-corrected chi connectivity index (χ3v) is 8.20. The molecule has 0 saturated heterocycles. The van der Waals surface area contributed by atoms with Gasteiger partial charge in [-0.1, -0.05) is 53.8 Å². The number of nitrogens with one attached hydrogen (secondary N) is 1. The Morgan fingerprint density at radius 2 is 1.74 bits per heavy atom. The Morgan fingerprint density at radius 3 is 2.47 bits per heavy atom. The number of carbonyl (C=O) groups is 2. The second-order valence-corrected chi connectivity index (χ2v) is 10.9. The number of thiazole rings is 1. The lowest BCUT2D eigenvalue weighted by atomic mass is 9.95. The minimum Gasteiger partial charge on any atom is -0.478 e. The van der Waals surface area contributed by atoms with Crippen LogP contribution in [0.15, 0.2) is 110 Å². The first-order valence-electron chi connectivity index (χ1n) is 13.3. The highest BCUT2D eigenvalue weighted by Gasteiger charge is 2.32. The zero-order valence-electron chi connectivity index (χ0n) is 23.0. The SMILES string of the molecule is CC1=C(C(=O)Nc2ccccc2)[C@H](c2ccc(F)cc2)n2c(s/c(=C\c3ccc(-c4cccc(C(=O)O)c4C)o3)c2=O)=N1. The first-order chi connectivity index (χ1) is 20.7. The zero-order chi connectivity index (χ0) is 30.2. The molecule has 6 rings (SSSR count). The fourth-order valence-corrected chi connectivity index (χ4v) is 6.16. The summed E-state index contributed by atoms with van der Waals surface area (Å²) >= 11 is 1.14. The maximum Gasteiger partial charge on any atom is 0.335 e. The predicted octanol–water partition coefficient (Wildman–Crippen LogP) is 5.28. The maximum atomic E-state index is 13.9. The van der Waals surface area contributed by atoms with E-state index >= 15 is 0 Å². The van der Waals surface area contributed by atoms with E-state index < -0.39 is 29.3 Å². The number of anilines is 1. The van der Waals surface area contributed by atoms with Crippen molar-refractivity contribution in [2.75, 3.05) is 5.32 Å². The van der Waals surface area contributed by atoms with Gasteiger partial charge < -0.3 is 14.8 Å². The number of amides is 1. The molecule has 3 heterocycles. The molecule has 1 aliphatic rings. The minimum absolute atomic E-state index is 0.173. The molecule has 0 unspecified atom stereocenters. The number of allylic oxidation sites excluding steroid dienone is 1. The summed E-state index contributed by atoms with van der Waals surface area (Å²) in [5, 5.41) is 12.4. The van der Waals surface area contributed by atoms with Crippen LogP contribution in [0.4, 0.5) is 10.1 Å². The number of benzene rings is 3. The van der Waals surface area contributed by atoms with Crippen molar-refractivity contribution in [3.63, 3.8) is 0 Å². The lowest BCUT2D eigenvalue weighted by Gasteiger charge is -2.25. The van der Waals surface area contributed by atoms with Crippen molar-refractivity contribution in [3.8, 4) is 11.3 Å². The Balaban J connectivity index is 1.44. The van der Waals surface area contributed by atoms with Gasteiger partial charge in [0.05, 0.1) is 27.4 Å². The monoisotopic (exact) mass is 593 g/mol. The van der Waals surface area contributed by atoms with Gasteiger partial charge in [0.1, 0.15) is 17.3 Å². The van der Waals surface area contributed by atoms with Gasteiger partial charge in [-0.15, -0.1) is 0 Å². The third-order valence-electron chi connectivity index (χ3n) is 7.21. The summed E-state index contributed by atoms with van der Waals surface area (Å²) in [4.78, 5) is 44.1. The van der Waals surface area contributed by atoms with Crippen LogP contribution in [0, 0.1) is 12.7 Å². The van der Waals surface area contributed by atoms with Crippen molar-refractivity contribution < 1.29 is 23.5 Å². The number of nitrogens with zero attached hydrogens (tertiary/aromatic N) is 2. The summed E-state index contributed by atoms with van der Waals surface area (Å²) in [6, 6.07) is 22.1. The van der Waals surface area contributed by atoms with Gasteiger partial charge >= 0.3 is 5.97 Å². The number of halogens is 1. The molecule has 0 fully saturated rings. The first-order valence-corrected chi connectivity index (χ1v) is 14.1. The van der Waals surface area contributed by atoms with E-state index in [-0.39, 0.29) is 11.1 Å². The molecule has 1 amide bonds. The number of aromatic carboxylic acids is 1. The highest BCUT2D eigenvalue weighted by molar-refractivity contribution is 7.07. The molecular formula is C33H24FN3O5S. The molecule has 0 radical (unpaired) electrons. The van der Waals surface area contributed by atoms with E-state index in [4.69, 9.17) is 4.42 Å². The van der Waals surface area contributed by atoms with E-state index in [1.807, 2.05) is 6.07 Å². The Hall–Kier alpha value is -5.35. The van der Waals surface area contributed by atoms with Crippen LogP contribution in [-0.2, 0) is 4.79 Å². The van der Waals surface area contributed by atoms with E-state index in [0.717, 1.165) is 11.3 Å². The summed E-state index contributed by atoms with van der Waals surface area (Å²) in [6.07, 6.45) is 1.59. The number of furan rings is 1. The smallest absolute Gasteiger partial charge is 0.335 e. The minimum atomic E-state index is -1.03. The van der Waals surface area contributed by atoms with Crippen LogP contribution in [-0.4, -0.2) is 21.6 Å². The van der Waals surface area contributed by atoms with Crippen molar-refractivity contribution in [1.82, 2.24) is 4.57 Å². The summed E-state index contributed by atoms with van der Waals surface area (Å²) in [7, 11) is 0. The second kappa shape index (κ2) is 11.1. The molecule has 3 aromatic carbocycles. The number of para-hydroxylation sites is 1. The Morgan fingerprint density at radius 1 is 1.00 bits per heavy atom. The molecule has 0 aliphatic carbocycles. The van der Waals surface area contributed by atoms with E-state index in [0.29, 0.717) is 48.9 Å². The number of aromatic nitrogens is 1. The number of rotatable bonds is 6. The van der Waals surface area contributed by atoms with Gasteiger partial charge in [-0.3, -0.25) is 14.2 Å². The van der Waals surface area contributed by atoms with Crippen LogP contribution in [0.5, 0.6) is 0 Å². The van der Waals surface area contributed by atoms with Crippen molar-refractivity contribution in [3.05, 3.63) is 144 Å². The van der Waals surface area contributed by atoms with Crippen LogP contribution in [0.2, 0.25) is 0 Å². The molecule has 1 atom stereocenters. The van der Waals surface area contributed by atoms with Crippen LogP contribution in [0.25, 0.3) is 17.4 Å². The number of carboxylic acid groups (broad SMARTS) is 1. The predicted molar refractivity (Wildman–Crippen MR) is 161 cm³/mol. The number of carbonyl (C=O) groups excluding carboxylic acids is 1. The van der Waals surface area contributed by atoms with Crippen molar-refractivity contribution in [2.24, 2.45) is 4.99 Å². The maximum absolute atomic E-state index is 13.9. The largest absolute Gasteiger partial charge is 0.478 e. The van der Waals surface area contributed by atoms with Gasteiger partial charge in [-0.2, -0.15) is 0 Å². The summed E-state index contributed by atoms with van der Waals surface area (Å²) in [5.74, 6) is -1.05. The van der Waals surface area contributed by atoms with E-state index in [1.54, 1.807) is 80.6 Å². The molecule has 0 bridgehead atoms. The average Bonchev–Trinajstić information content (AvgIpc) is 3.57. The van der Waals surface area contributed by atoms with Crippen molar-refractivity contribution in [1.29, 1.82) is 0 Å². The molecule has 0 spiro atoms. The zero-order valence-corrected chi connectivity index (χ0v) is 23.8. The van der Waals surface area contributed by atoms with Crippen LogP contribution >= 0.6 is 11.3 Å². The van der Waals surface area contributed by atoms with Crippen LogP contribution < -0.4 is 20.2 Å². The lowest BCUT2D eigenvalue weighted by molar-refractivity contribution is -0.113. The first kappa shape index (κ1) is 27.8. The van der Waals surface area contributed by atoms with Crippen molar-refractivity contribution >= 4 is 35.0 Å². The van der Waals surface area contributed by atoms with Gasteiger partial charge in [-0.05, 0) is 67.4 Å². The van der Waals surface area contributed by atoms with Crippen LogP contribution in [0.3, 0.4) is 0 Å². The summed E-state index contributed by atoms with van der Waals surface area (Å²) < 4.78 is 21.7. The molecule has 0 saturated carbocycles. The van der Waals surface area contributed by atoms with Crippen molar-refractivity contribution in [2.45, 2.75) is 19.9 Å². The molecule has 10 heteroatoms. The fourth-order valence-electron chi connectivity index (χ4n) is 5.13. The highest BCUT2D eigenvalue weighted by Crippen LogP contribution is 2.31. The fraction of sp³-hybridized carbons (Fsp3) is 0.0909. The standard InChI is InChI=1S/C33H24FN3O5S/c1-18-24(9-6-10-25(18)32(40)41)26-16-15-23(42-26)17-27-31(39)37-29(20-11-13-21(34)14-12-20)28(19(2)35-33(37)43-27)30(38)36-22-7-4-3-5-8-22/h3-17,29H,1-2H3,(H,36,38)(H,40,41)/b27-17-/t29-/m0/s1. The van der Waals surface area contributed by atoms with Gasteiger partial charge in [0, 0.05) is 17.3 Å². The normalized spacial score (nSPS) is 14.8. The Bertz CT molecular complexity index is 2110. The Kier molecular flexibility index (Phi) is 7.21. The summed E-state index contributed by atoms with van der Waals surface area (Å²) in [5.41, 5.74) is 2.81. The molecular weight excluding hydrogens is 569 g/mol. The molecule has 214 valence electrons. The van der Waals surface area contributed by atoms with E-state index in [1.165, 1.54) is 22.8 Å². The topological polar surface area (TPSA) is 114 Å². The number of carboxylic acids is 1. The van der Waals surface area contributed by atoms with E-state index in [2.05, 4.69) is 10.3 Å². The average molecular weight is 594 g/mol. The lowest BCUT2D eigenvalue weighted by Crippen LogP contribution is -2.40. The molecule has 1 aliphatic heterocycles. The number of hydrogen-bond donors (Lipinski definition) is 2. The summed E-state index contributed by atoms with van der Waals surface area (Å²) in [6.45, 7) is 3.42. The highest BCUT2D eigenvalue weighted by atomic mass is 32.1. The van der Waals surface area contributed by atoms with Gasteiger partial charge in [0.25, 0.3) is 11.5 Å². The number of hydrogen-bond acceptors (Lipinski definition) is 6. The molecule has 5 aromatic rings. The third kappa shape index (κ3) is 5.24. The Labute approximate surface area is 248 Å². The molecule has 8 nitrogen and oxygen atoms in total. The molecule has 2 N–H and O–H groups in total. The molecule has 2 aromatic heterocycles. The quantitative estimate of drug-likeness (QED) is 0.278. The second-order valence-electron chi connectivity index (χ2n) is 9.94. The van der Waals surface area contributed by atoms with E-state index in [9.17, 15) is 23.9 Å². The van der Waals surface area contributed by atoms with Gasteiger partial charge in [0.15, 0.2) is 4.80 Å². The number of fused-ring (bicyclic) bond motifs is 1. The van der Waals surface area contributed by atoms with Gasteiger partial charge in [-0.25, -0.2) is 14.2 Å². The molecule has 43 heavy (non-hydrogen) atoms. The van der Waals surface area contributed by atoms with Gasteiger partial charge in [0.2, 0.25) is 0 Å².